The van der Waals surface area contributed by atoms with E-state index in [2.05, 4.69) is 0 Å². The Hall–Kier alpha value is -1.83. The summed E-state index contributed by atoms with van der Waals surface area (Å²) in [6.07, 6.45) is 0.0280. The lowest BCUT2D eigenvalue weighted by Gasteiger charge is -2.36. The molecule has 1 heterocycles. The second-order valence-electron chi connectivity index (χ2n) is 4.58. The number of amides is 4. The summed E-state index contributed by atoms with van der Waals surface area (Å²) in [5.74, 6) is -0.713. The summed E-state index contributed by atoms with van der Waals surface area (Å²) in [4.78, 5) is 39.1. The van der Waals surface area contributed by atoms with Gasteiger partial charge >= 0.3 is 6.03 Å². The fourth-order valence-corrected chi connectivity index (χ4v) is 1.86. The van der Waals surface area contributed by atoms with Crippen molar-refractivity contribution in [1.29, 1.82) is 0 Å². The number of rotatable bonds is 3. The molecule has 1 saturated heterocycles. The van der Waals surface area contributed by atoms with E-state index in [0.717, 1.165) is 0 Å². The smallest absolute Gasteiger partial charge is 0.319 e. The lowest BCUT2D eigenvalue weighted by Crippen LogP contribution is -2.52. The standard InChI is InChI=1S/C11H20N4O4/c1-13(2)11(18)15-7-5-14(6-8-15)10(17)4-3-9(16)12-19/h19H,3-8H2,1-2H3,(H,12,16). The van der Waals surface area contributed by atoms with Crippen molar-refractivity contribution in [3.05, 3.63) is 0 Å². The Bertz CT molecular complexity index is 351. The molecule has 1 rings (SSSR count). The molecule has 0 aromatic carbocycles. The van der Waals surface area contributed by atoms with E-state index in [1.54, 1.807) is 23.9 Å². The molecule has 0 aliphatic carbocycles. The molecule has 4 amide bonds. The van der Waals surface area contributed by atoms with Crippen LogP contribution in [0.5, 0.6) is 0 Å². The van der Waals surface area contributed by atoms with Gasteiger partial charge in [-0.2, -0.15) is 0 Å². The van der Waals surface area contributed by atoms with Gasteiger partial charge in [-0.1, -0.05) is 0 Å². The number of carbonyl (C=O) groups is 3. The van der Waals surface area contributed by atoms with Crippen molar-refractivity contribution in [2.75, 3.05) is 40.3 Å². The van der Waals surface area contributed by atoms with E-state index in [9.17, 15) is 14.4 Å². The molecule has 2 N–H and O–H groups in total. The fourth-order valence-electron chi connectivity index (χ4n) is 1.86. The first kappa shape index (κ1) is 15.2. The van der Waals surface area contributed by atoms with Gasteiger partial charge in [0.1, 0.15) is 0 Å². The number of nitrogens with one attached hydrogen (secondary N) is 1. The van der Waals surface area contributed by atoms with Crippen LogP contribution < -0.4 is 5.48 Å². The van der Waals surface area contributed by atoms with Gasteiger partial charge in [0.15, 0.2) is 0 Å². The summed E-state index contributed by atoms with van der Waals surface area (Å²) in [7, 11) is 3.38. The maximum absolute atomic E-state index is 11.8. The van der Waals surface area contributed by atoms with Crippen LogP contribution in [-0.4, -0.2) is 78.0 Å². The molecule has 1 fully saturated rings. The second-order valence-corrected chi connectivity index (χ2v) is 4.58. The van der Waals surface area contributed by atoms with Crippen molar-refractivity contribution in [3.63, 3.8) is 0 Å². The Labute approximate surface area is 111 Å². The van der Waals surface area contributed by atoms with Gasteiger partial charge in [-0.3, -0.25) is 14.8 Å². The highest BCUT2D eigenvalue weighted by Crippen LogP contribution is 2.06. The highest BCUT2D eigenvalue weighted by atomic mass is 16.5. The van der Waals surface area contributed by atoms with Crippen molar-refractivity contribution in [3.8, 4) is 0 Å². The summed E-state index contributed by atoms with van der Waals surface area (Å²) in [5, 5.41) is 8.33. The molecule has 108 valence electrons. The van der Waals surface area contributed by atoms with Crippen LogP contribution in [0.4, 0.5) is 4.79 Å². The van der Waals surface area contributed by atoms with Crippen LogP contribution >= 0.6 is 0 Å². The number of hydroxylamine groups is 1. The van der Waals surface area contributed by atoms with Gasteiger partial charge in [-0.05, 0) is 0 Å². The quantitative estimate of drug-likeness (QED) is 0.514. The average molecular weight is 272 g/mol. The Morgan fingerprint density at radius 1 is 1.05 bits per heavy atom. The third-order valence-electron chi connectivity index (χ3n) is 2.98. The normalized spacial score (nSPS) is 15.1. The van der Waals surface area contributed by atoms with Crippen molar-refractivity contribution in [2.45, 2.75) is 12.8 Å². The van der Waals surface area contributed by atoms with Crippen molar-refractivity contribution >= 4 is 17.8 Å². The minimum atomic E-state index is -0.574. The van der Waals surface area contributed by atoms with Crippen LogP contribution in [0.1, 0.15) is 12.8 Å². The molecule has 1 aliphatic rings. The van der Waals surface area contributed by atoms with Gasteiger partial charge in [-0.15, -0.1) is 0 Å². The minimum Gasteiger partial charge on any atom is -0.339 e. The highest BCUT2D eigenvalue weighted by molar-refractivity contribution is 5.83. The predicted molar refractivity (Wildman–Crippen MR) is 66.4 cm³/mol. The molecule has 19 heavy (non-hydrogen) atoms. The molecule has 0 saturated carbocycles. The number of carbonyl (C=O) groups excluding carboxylic acids is 3. The lowest BCUT2D eigenvalue weighted by molar-refractivity contribution is -0.136. The summed E-state index contributed by atoms with van der Waals surface area (Å²) in [5.41, 5.74) is 1.49. The van der Waals surface area contributed by atoms with Crippen molar-refractivity contribution in [1.82, 2.24) is 20.2 Å². The van der Waals surface area contributed by atoms with E-state index < -0.39 is 5.91 Å². The van der Waals surface area contributed by atoms with Crippen molar-refractivity contribution < 1.29 is 19.6 Å². The molecule has 1 aliphatic heterocycles. The zero-order chi connectivity index (χ0) is 14.4. The first-order valence-corrected chi connectivity index (χ1v) is 6.12. The first-order chi connectivity index (χ1) is 8.95. The Kier molecular flexibility index (Phi) is 5.56. The molecule has 0 bridgehead atoms. The summed E-state index contributed by atoms with van der Waals surface area (Å²) in [6, 6.07) is -0.0632. The first-order valence-electron chi connectivity index (χ1n) is 6.12. The van der Waals surface area contributed by atoms with Crippen LogP contribution in [0.3, 0.4) is 0 Å². The summed E-state index contributed by atoms with van der Waals surface area (Å²) < 4.78 is 0. The zero-order valence-corrected chi connectivity index (χ0v) is 11.3. The molecular formula is C11H20N4O4. The summed E-state index contributed by atoms with van der Waals surface area (Å²) >= 11 is 0. The van der Waals surface area contributed by atoms with Crippen LogP contribution in [0.2, 0.25) is 0 Å². The van der Waals surface area contributed by atoms with E-state index in [4.69, 9.17) is 5.21 Å². The monoisotopic (exact) mass is 272 g/mol. The topological polar surface area (TPSA) is 93.2 Å². The van der Waals surface area contributed by atoms with Gasteiger partial charge in [0.25, 0.3) is 0 Å². The Morgan fingerprint density at radius 3 is 2.05 bits per heavy atom. The van der Waals surface area contributed by atoms with Crippen LogP contribution in [0, 0.1) is 0 Å². The molecule has 0 aromatic rings. The summed E-state index contributed by atoms with van der Waals surface area (Å²) in [6.45, 7) is 1.93. The van der Waals surface area contributed by atoms with E-state index in [-0.39, 0.29) is 24.8 Å². The largest absolute Gasteiger partial charge is 0.339 e. The molecular weight excluding hydrogens is 252 g/mol. The molecule has 0 aromatic heterocycles. The van der Waals surface area contributed by atoms with Gasteiger partial charge in [0, 0.05) is 53.1 Å². The second kappa shape index (κ2) is 6.93. The average Bonchev–Trinajstić information content (AvgIpc) is 2.43. The Balaban J connectivity index is 2.35. The van der Waals surface area contributed by atoms with Gasteiger partial charge in [0.05, 0.1) is 0 Å². The molecule has 8 heteroatoms. The number of piperazine rings is 1. The zero-order valence-electron chi connectivity index (χ0n) is 11.3. The SMILES string of the molecule is CN(C)C(=O)N1CCN(C(=O)CCC(=O)NO)CC1. The van der Waals surface area contributed by atoms with Gasteiger partial charge in [-0.25, -0.2) is 10.3 Å². The number of urea groups is 1. The van der Waals surface area contributed by atoms with Gasteiger partial charge < -0.3 is 14.7 Å². The van der Waals surface area contributed by atoms with E-state index in [0.29, 0.717) is 26.2 Å². The minimum absolute atomic E-state index is 0.0355. The third kappa shape index (κ3) is 4.40. The molecule has 0 spiro atoms. The molecule has 8 nitrogen and oxygen atoms in total. The van der Waals surface area contributed by atoms with Crippen molar-refractivity contribution in [2.24, 2.45) is 0 Å². The molecule has 0 atom stereocenters. The number of hydrogen-bond acceptors (Lipinski definition) is 4. The van der Waals surface area contributed by atoms with Crippen LogP contribution in [-0.2, 0) is 9.59 Å². The molecule has 0 radical (unpaired) electrons. The third-order valence-corrected chi connectivity index (χ3v) is 2.98. The number of hydrogen-bond donors (Lipinski definition) is 2. The Morgan fingerprint density at radius 2 is 1.58 bits per heavy atom. The fraction of sp³-hybridized carbons (Fsp3) is 0.727. The van der Waals surface area contributed by atoms with E-state index in [1.165, 1.54) is 10.4 Å². The predicted octanol–water partition coefficient (Wildman–Crippen LogP) is -0.902. The number of nitrogens with zero attached hydrogens (tertiary/aromatic N) is 3. The van der Waals surface area contributed by atoms with E-state index in [1.807, 2.05) is 0 Å². The van der Waals surface area contributed by atoms with E-state index >= 15 is 0 Å². The van der Waals surface area contributed by atoms with Crippen LogP contribution in [0.15, 0.2) is 0 Å². The van der Waals surface area contributed by atoms with Gasteiger partial charge in [0.2, 0.25) is 11.8 Å². The molecule has 0 unspecified atom stereocenters. The van der Waals surface area contributed by atoms with Crippen LogP contribution in [0.25, 0.3) is 0 Å². The lowest BCUT2D eigenvalue weighted by atomic mass is 10.2. The highest BCUT2D eigenvalue weighted by Gasteiger charge is 2.24. The maximum atomic E-state index is 11.8. The maximum Gasteiger partial charge on any atom is 0.319 e.